The topological polar surface area (TPSA) is 84.7 Å². The van der Waals surface area contributed by atoms with Crippen LogP contribution in [0.4, 0.5) is 5.95 Å². The Morgan fingerprint density at radius 3 is 3.11 bits per heavy atom. The molecule has 2 heterocycles. The molecule has 0 radical (unpaired) electrons. The maximum Gasteiger partial charge on any atom is 0.248 e. The summed E-state index contributed by atoms with van der Waals surface area (Å²) in [5.74, 6) is 0.245. The highest BCUT2D eigenvalue weighted by atomic mass is 16.1. The van der Waals surface area contributed by atoms with Gasteiger partial charge in [0.25, 0.3) is 0 Å². The summed E-state index contributed by atoms with van der Waals surface area (Å²) < 4.78 is 0. The Morgan fingerprint density at radius 2 is 2.28 bits per heavy atom. The van der Waals surface area contributed by atoms with Gasteiger partial charge < -0.3 is 10.7 Å². The van der Waals surface area contributed by atoms with Crippen LogP contribution in [-0.2, 0) is 6.42 Å². The zero-order chi connectivity index (χ0) is 12.7. The van der Waals surface area contributed by atoms with Gasteiger partial charge in [-0.2, -0.15) is 0 Å². The zero-order valence-corrected chi connectivity index (χ0v) is 9.90. The first-order valence-electron chi connectivity index (χ1n) is 5.67. The Bertz CT molecular complexity index is 715. The number of hydrogen-bond acceptors (Lipinski definition) is 4. The number of aryl methyl sites for hydroxylation is 1. The minimum absolute atomic E-state index is 0.110. The summed E-state index contributed by atoms with van der Waals surface area (Å²) in [6.45, 7) is 1.93. The molecule has 3 rings (SSSR count). The van der Waals surface area contributed by atoms with Gasteiger partial charge in [0.05, 0.1) is 5.69 Å². The Balaban J connectivity index is 2.19. The summed E-state index contributed by atoms with van der Waals surface area (Å²) in [6.07, 6.45) is 6.31. The van der Waals surface area contributed by atoms with Gasteiger partial charge in [-0.3, -0.25) is 4.79 Å². The van der Waals surface area contributed by atoms with Crippen molar-refractivity contribution in [1.82, 2.24) is 15.0 Å². The maximum atomic E-state index is 11.4. The van der Waals surface area contributed by atoms with Gasteiger partial charge >= 0.3 is 0 Å². The van der Waals surface area contributed by atoms with Crippen molar-refractivity contribution in [2.75, 3.05) is 5.73 Å². The summed E-state index contributed by atoms with van der Waals surface area (Å²) in [7, 11) is 0. The average Bonchev–Trinajstić information content (AvgIpc) is 2.75. The van der Waals surface area contributed by atoms with Crippen LogP contribution in [0.5, 0.6) is 0 Å². The lowest BCUT2D eigenvalue weighted by Crippen LogP contribution is -2.07. The van der Waals surface area contributed by atoms with Crippen LogP contribution < -0.4 is 11.3 Å². The number of nitrogens with zero attached hydrogens (tertiary/aromatic N) is 2. The first-order chi connectivity index (χ1) is 8.65. The monoisotopic (exact) mass is 240 g/mol. The van der Waals surface area contributed by atoms with Crippen LogP contribution in [0.1, 0.15) is 22.4 Å². The molecule has 0 saturated heterocycles. The van der Waals surface area contributed by atoms with Gasteiger partial charge in [-0.15, -0.1) is 0 Å². The Morgan fingerprint density at radius 1 is 1.44 bits per heavy atom. The Labute approximate surface area is 103 Å². The van der Waals surface area contributed by atoms with Crippen LogP contribution in [0.2, 0.25) is 0 Å². The maximum absolute atomic E-state index is 11.4. The molecule has 18 heavy (non-hydrogen) atoms. The fourth-order valence-electron chi connectivity index (χ4n) is 2.20. The first-order valence-corrected chi connectivity index (χ1v) is 5.67. The molecule has 0 fully saturated rings. The van der Waals surface area contributed by atoms with E-state index in [4.69, 9.17) is 5.73 Å². The van der Waals surface area contributed by atoms with E-state index in [1.165, 1.54) is 0 Å². The fraction of sp³-hybridized carbons (Fsp3) is 0.154. The number of rotatable bonds is 1. The van der Waals surface area contributed by atoms with Crippen molar-refractivity contribution in [1.29, 1.82) is 0 Å². The number of nitrogens with two attached hydrogens (primary N) is 1. The van der Waals surface area contributed by atoms with Crippen molar-refractivity contribution in [3.63, 3.8) is 0 Å². The van der Waals surface area contributed by atoms with E-state index in [0.717, 1.165) is 34.4 Å². The van der Waals surface area contributed by atoms with E-state index in [0.29, 0.717) is 0 Å². The number of nitrogens with one attached hydrogen (secondary N) is 1. The summed E-state index contributed by atoms with van der Waals surface area (Å²) in [5, 5.41) is 0. The third-order valence-corrected chi connectivity index (χ3v) is 3.07. The van der Waals surface area contributed by atoms with Gasteiger partial charge in [0.15, 0.2) is 0 Å². The number of aromatic amines is 1. The number of nitrogen functional groups attached to an aromatic ring is 1. The van der Waals surface area contributed by atoms with Crippen molar-refractivity contribution in [2.45, 2.75) is 13.3 Å². The second-order valence-electron chi connectivity index (χ2n) is 4.32. The second kappa shape index (κ2) is 3.80. The number of hydrogen-bond donors (Lipinski definition) is 2. The van der Waals surface area contributed by atoms with E-state index in [-0.39, 0.29) is 11.5 Å². The molecule has 3 N–H and O–H groups in total. The number of H-pyrrole nitrogens is 1. The van der Waals surface area contributed by atoms with E-state index in [1.54, 1.807) is 18.5 Å². The molecule has 0 aromatic carbocycles. The second-order valence-corrected chi connectivity index (χ2v) is 4.32. The Kier molecular flexibility index (Phi) is 2.26. The molecule has 5 heteroatoms. The SMILES string of the molecule is Cc1cnc(N)nc1C1=CCc2c[nH]c(=O)cc21. The van der Waals surface area contributed by atoms with Crippen molar-refractivity contribution >= 4 is 11.5 Å². The van der Waals surface area contributed by atoms with Crippen LogP contribution in [0.25, 0.3) is 5.57 Å². The molecule has 1 aliphatic rings. The largest absolute Gasteiger partial charge is 0.368 e. The summed E-state index contributed by atoms with van der Waals surface area (Å²) >= 11 is 0. The molecule has 0 saturated carbocycles. The number of allylic oxidation sites excluding steroid dienone is 1. The van der Waals surface area contributed by atoms with E-state index < -0.39 is 0 Å². The lowest BCUT2D eigenvalue weighted by Gasteiger charge is -2.08. The highest BCUT2D eigenvalue weighted by Gasteiger charge is 2.19. The predicted octanol–water partition coefficient (Wildman–Crippen LogP) is 1.04. The molecule has 0 spiro atoms. The molecule has 2 aromatic heterocycles. The van der Waals surface area contributed by atoms with Crippen LogP contribution in [0.3, 0.4) is 0 Å². The summed E-state index contributed by atoms with van der Waals surface area (Å²) in [6, 6.07) is 1.60. The highest BCUT2D eigenvalue weighted by molar-refractivity contribution is 5.84. The number of fused-ring (bicyclic) bond motifs is 1. The fourth-order valence-corrected chi connectivity index (χ4v) is 2.20. The van der Waals surface area contributed by atoms with E-state index in [1.807, 2.05) is 6.92 Å². The standard InChI is InChI=1S/C13H12N4O/c1-7-5-16-13(14)17-12(7)9-3-2-8-6-15-11(18)4-10(8)9/h3-6H,2H2,1H3,(H,15,18)(H2,14,16,17). The van der Waals surface area contributed by atoms with Crippen molar-refractivity contribution in [3.05, 3.63) is 57.3 Å². The molecule has 0 unspecified atom stereocenters. The smallest absolute Gasteiger partial charge is 0.248 e. The lowest BCUT2D eigenvalue weighted by molar-refractivity contribution is 1.12. The van der Waals surface area contributed by atoms with Crippen molar-refractivity contribution in [3.8, 4) is 0 Å². The van der Waals surface area contributed by atoms with E-state index in [9.17, 15) is 4.79 Å². The molecular weight excluding hydrogens is 228 g/mol. The summed E-state index contributed by atoms with van der Waals surface area (Å²) in [5.41, 5.74) is 10.3. The minimum atomic E-state index is -0.110. The highest BCUT2D eigenvalue weighted by Crippen LogP contribution is 2.31. The third-order valence-electron chi connectivity index (χ3n) is 3.07. The molecular formula is C13H12N4O. The predicted molar refractivity (Wildman–Crippen MR) is 69.0 cm³/mol. The lowest BCUT2D eigenvalue weighted by atomic mass is 10.0. The zero-order valence-electron chi connectivity index (χ0n) is 9.90. The number of pyridine rings is 1. The van der Waals surface area contributed by atoms with Gasteiger partial charge in [-0.25, -0.2) is 9.97 Å². The molecule has 5 nitrogen and oxygen atoms in total. The van der Waals surface area contributed by atoms with Crippen LogP contribution in [0.15, 0.2) is 29.3 Å². The van der Waals surface area contributed by atoms with Crippen LogP contribution in [0, 0.1) is 6.92 Å². The van der Waals surface area contributed by atoms with E-state index in [2.05, 4.69) is 21.0 Å². The molecule has 1 aliphatic carbocycles. The van der Waals surface area contributed by atoms with Crippen molar-refractivity contribution in [2.24, 2.45) is 0 Å². The normalized spacial score (nSPS) is 13.3. The Hall–Kier alpha value is -2.43. The number of anilines is 1. The van der Waals surface area contributed by atoms with E-state index >= 15 is 0 Å². The van der Waals surface area contributed by atoms with Crippen LogP contribution in [-0.4, -0.2) is 15.0 Å². The molecule has 0 amide bonds. The molecule has 0 bridgehead atoms. The average molecular weight is 240 g/mol. The first kappa shape index (κ1) is 10.7. The quantitative estimate of drug-likeness (QED) is 0.780. The van der Waals surface area contributed by atoms with Gasteiger partial charge in [-0.05, 0) is 30.0 Å². The number of aromatic nitrogens is 3. The molecule has 0 atom stereocenters. The van der Waals surface area contributed by atoms with Crippen molar-refractivity contribution < 1.29 is 0 Å². The van der Waals surface area contributed by atoms with Gasteiger partial charge in [-0.1, -0.05) is 6.08 Å². The third kappa shape index (κ3) is 1.60. The minimum Gasteiger partial charge on any atom is -0.368 e. The molecule has 2 aromatic rings. The van der Waals surface area contributed by atoms with Gasteiger partial charge in [0, 0.05) is 24.0 Å². The van der Waals surface area contributed by atoms with Gasteiger partial charge in [0.1, 0.15) is 0 Å². The molecule has 90 valence electrons. The van der Waals surface area contributed by atoms with Gasteiger partial charge in [0.2, 0.25) is 11.5 Å². The summed E-state index contributed by atoms with van der Waals surface area (Å²) in [4.78, 5) is 22.3. The molecule has 0 aliphatic heterocycles. The van der Waals surface area contributed by atoms with Crippen LogP contribution >= 0.6 is 0 Å².